The summed E-state index contributed by atoms with van der Waals surface area (Å²) in [6, 6.07) is 21.7. The van der Waals surface area contributed by atoms with Gasteiger partial charge in [0.25, 0.3) is 11.8 Å². The van der Waals surface area contributed by atoms with Crippen LogP contribution in [0.4, 0.5) is 5.69 Å². The third-order valence-electron chi connectivity index (χ3n) is 5.81. The molecule has 0 aliphatic rings. The van der Waals surface area contributed by atoms with Crippen molar-refractivity contribution in [3.05, 3.63) is 90.0 Å². The lowest BCUT2D eigenvalue weighted by atomic mass is 10.1. The second-order valence-electron chi connectivity index (χ2n) is 8.95. The first-order chi connectivity index (χ1) is 19.1. The van der Waals surface area contributed by atoms with Gasteiger partial charge in [-0.1, -0.05) is 30.3 Å². The van der Waals surface area contributed by atoms with Crippen LogP contribution in [0.1, 0.15) is 37.9 Å². The molecule has 0 aromatic heterocycles. The van der Waals surface area contributed by atoms with E-state index in [-0.39, 0.29) is 18.6 Å². The van der Waals surface area contributed by atoms with Crippen LogP contribution >= 0.6 is 0 Å². The lowest BCUT2D eigenvalue weighted by Crippen LogP contribution is -2.46. The van der Waals surface area contributed by atoms with Gasteiger partial charge < -0.3 is 14.8 Å². The van der Waals surface area contributed by atoms with E-state index in [9.17, 15) is 18.0 Å². The highest BCUT2D eigenvalue weighted by molar-refractivity contribution is 7.92. The largest absolute Gasteiger partial charge is 0.494 e. The maximum absolute atomic E-state index is 12.7. The number of carbonyl (C=O) groups is 2. The lowest BCUT2D eigenvalue weighted by molar-refractivity contribution is -0.124. The Hall–Kier alpha value is -4.38. The first kappa shape index (κ1) is 30.2. The van der Waals surface area contributed by atoms with Crippen molar-refractivity contribution in [1.29, 1.82) is 0 Å². The Bertz CT molecular complexity index is 1390. The van der Waals surface area contributed by atoms with Gasteiger partial charge in [-0.25, -0.2) is 13.8 Å². The van der Waals surface area contributed by atoms with Gasteiger partial charge in [0.1, 0.15) is 17.5 Å². The number of ether oxygens (including phenoxy) is 2. The molecule has 0 bridgehead atoms. The van der Waals surface area contributed by atoms with E-state index >= 15 is 0 Å². The normalized spacial score (nSPS) is 12.8. The molecule has 0 saturated carbocycles. The predicted octanol–water partition coefficient (Wildman–Crippen LogP) is 3.65. The van der Waals surface area contributed by atoms with Gasteiger partial charge in [-0.2, -0.15) is 5.10 Å². The Morgan fingerprint density at radius 1 is 0.925 bits per heavy atom. The summed E-state index contributed by atoms with van der Waals surface area (Å²) in [5.41, 5.74) is 4.38. The number of sulfonamides is 1. The number of anilines is 1. The van der Waals surface area contributed by atoms with Crippen LogP contribution in [0.2, 0.25) is 0 Å². The Morgan fingerprint density at radius 2 is 1.52 bits per heavy atom. The average Bonchev–Trinajstić information content (AvgIpc) is 2.93. The first-order valence-corrected chi connectivity index (χ1v) is 14.6. The molecule has 10 nitrogen and oxygen atoms in total. The molecule has 2 atom stereocenters. The highest BCUT2D eigenvalue weighted by Crippen LogP contribution is 2.24. The van der Waals surface area contributed by atoms with Crippen molar-refractivity contribution in [2.24, 2.45) is 5.10 Å². The maximum atomic E-state index is 12.7. The van der Waals surface area contributed by atoms with E-state index in [4.69, 9.17) is 9.47 Å². The number of hydrogen-bond donors (Lipinski definition) is 2. The van der Waals surface area contributed by atoms with Gasteiger partial charge in [-0.15, -0.1) is 0 Å². The Labute approximate surface area is 235 Å². The molecule has 0 aliphatic heterocycles. The SMILES string of the molecule is CCOc1ccc(N([C@@H](C)C(=O)N/N=C\c2ccc(OCC(=O)N[C@H](C)c3ccccc3)cc2)S(C)(=O)=O)cc1. The summed E-state index contributed by atoms with van der Waals surface area (Å²) in [7, 11) is -3.76. The van der Waals surface area contributed by atoms with Gasteiger partial charge in [-0.05, 0) is 80.4 Å². The van der Waals surface area contributed by atoms with E-state index in [0.717, 1.165) is 16.1 Å². The van der Waals surface area contributed by atoms with E-state index in [1.54, 1.807) is 48.5 Å². The molecule has 0 spiro atoms. The van der Waals surface area contributed by atoms with Crippen molar-refractivity contribution >= 4 is 33.7 Å². The number of hydrazone groups is 1. The summed E-state index contributed by atoms with van der Waals surface area (Å²) in [5, 5.41) is 6.84. The second kappa shape index (κ2) is 14.1. The number of nitrogens with zero attached hydrogens (tertiary/aromatic N) is 2. The maximum Gasteiger partial charge on any atom is 0.263 e. The number of carbonyl (C=O) groups excluding carboxylic acids is 2. The van der Waals surface area contributed by atoms with Crippen molar-refractivity contribution in [2.75, 3.05) is 23.8 Å². The summed E-state index contributed by atoms with van der Waals surface area (Å²) in [6.07, 6.45) is 2.46. The minimum atomic E-state index is -3.76. The molecular weight excluding hydrogens is 532 g/mol. The second-order valence-corrected chi connectivity index (χ2v) is 10.8. The zero-order valence-electron chi connectivity index (χ0n) is 22.9. The van der Waals surface area contributed by atoms with Crippen molar-refractivity contribution in [3.63, 3.8) is 0 Å². The zero-order valence-corrected chi connectivity index (χ0v) is 23.7. The molecule has 0 saturated heterocycles. The number of nitrogens with one attached hydrogen (secondary N) is 2. The van der Waals surface area contributed by atoms with E-state index < -0.39 is 22.0 Å². The predicted molar refractivity (Wildman–Crippen MR) is 155 cm³/mol. The van der Waals surface area contributed by atoms with E-state index in [1.807, 2.05) is 44.2 Å². The van der Waals surface area contributed by atoms with Crippen LogP contribution in [-0.4, -0.2) is 52.0 Å². The van der Waals surface area contributed by atoms with Gasteiger partial charge in [0, 0.05) is 0 Å². The zero-order chi connectivity index (χ0) is 29.1. The third kappa shape index (κ3) is 8.84. The Morgan fingerprint density at radius 3 is 2.12 bits per heavy atom. The fourth-order valence-corrected chi connectivity index (χ4v) is 5.01. The number of amides is 2. The molecule has 0 heterocycles. The molecule has 3 rings (SSSR count). The van der Waals surface area contributed by atoms with Gasteiger partial charge in [0.2, 0.25) is 10.0 Å². The molecular formula is C29H34N4O6S. The summed E-state index contributed by atoms with van der Waals surface area (Å²) in [6.45, 7) is 5.57. The monoisotopic (exact) mass is 566 g/mol. The highest BCUT2D eigenvalue weighted by atomic mass is 32.2. The van der Waals surface area contributed by atoms with Gasteiger partial charge in [-0.3, -0.25) is 13.9 Å². The van der Waals surface area contributed by atoms with Crippen LogP contribution in [-0.2, 0) is 19.6 Å². The molecule has 11 heteroatoms. The smallest absolute Gasteiger partial charge is 0.263 e. The average molecular weight is 567 g/mol. The number of rotatable bonds is 13. The fourth-order valence-electron chi connectivity index (χ4n) is 3.84. The van der Waals surface area contributed by atoms with Gasteiger partial charge >= 0.3 is 0 Å². The molecule has 0 unspecified atom stereocenters. The molecule has 0 fully saturated rings. The molecule has 0 aliphatic carbocycles. The first-order valence-electron chi connectivity index (χ1n) is 12.7. The molecule has 0 radical (unpaired) electrons. The van der Waals surface area contributed by atoms with Crippen LogP contribution < -0.4 is 24.5 Å². The molecule has 3 aromatic carbocycles. The quantitative estimate of drug-likeness (QED) is 0.240. The summed E-state index contributed by atoms with van der Waals surface area (Å²) >= 11 is 0. The van der Waals surface area contributed by atoms with Crippen LogP contribution in [0.5, 0.6) is 11.5 Å². The third-order valence-corrected chi connectivity index (χ3v) is 7.05. The van der Waals surface area contributed by atoms with Gasteiger partial charge in [0.15, 0.2) is 6.61 Å². The summed E-state index contributed by atoms with van der Waals surface area (Å²) in [5.74, 6) is 0.244. The van der Waals surface area contributed by atoms with E-state index in [1.165, 1.54) is 13.1 Å². The Balaban J connectivity index is 1.52. The molecule has 3 aromatic rings. The number of hydrogen-bond acceptors (Lipinski definition) is 7. The van der Waals surface area contributed by atoms with Crippen molar-refractivity contribution in [1.82, 2.24) is 10.7 Å². The Kier molecular flexibility index (Phi) is 10.7. The van der Waals surface area contributed by atoms with Crippen molar-refractivity contribution < 1.29 is 27.5 Å². The molecule has 2 amide bonds. The standard InChI is InChI=1S/C29H34N4O6S/c1-5-38-26-17-13-25(14-18-26)33(40(4,36)37)22(3)29(35)32-30-19-23-11-15-27(16-12-23)39-20-28(34)31-21(2)24-9-7-6-8-10-24/h6-19,21-22H,5,20H2,1-4H3,(H,31,34)(H,32,35)/b30-19-/t21-,22+/m1/s1. The lowest BCUT2D eigenvalue weighted by Gasteiger charge is -2.27. The van der Waals surface area contributed by atoms with E-state index in [2.05, 4.69) is 15.8 Å². The topological polar surface area (TPSA) is 126 Å². The molecule has 212 valence electrons. The number of benzene rings is 3. The van der Waals surface area contributed by atoms with Crippen LogP contribution in [0.3, 0.4) is 0 Å². The summed E-state index contributed by atoms with van der Waals surface area (Å²) < 4.78 is 36.9. The van der Waals surface area contributed by atoms with Crippen LogP contribution in [0.25, 0.3) is 0 Å². The van der Waals surface area contributed by atoms with Crippen LogP contribution in [0, 0.1) is 0 Å². The van der Waals surface area contributed by atoms with Crippen LogP contribution in [0.15, 0.2) is 84.0 Å². The van der Waals surface area contributed by atoms with E-state index in [0.29, 0.717) is 29.4 Å². The molecule has 40 heavy (non-hydrogen) atoms. The minimum absolute atomic E-state index is 0.135. The van der Waals surface area contributed by atoms with Gasteiger partial charge in [0.05, 0.1) is 30.8 Å². The fraction of sp³-hybridized carbons (Fsp3) is 0.276. The molecule has 2 N–H and O–H groups in total. The summed E-state index contributed by atoms with van der Waals surface area (Å²) in [4.78, 5) is 24.9. The van der Waals surface area contributed by atoms with Crippen molar-refractivity contribution in [3.8, 4) is 11.5 Å². The minimum Gasteiger partial charge on any atom is -0.494 e. The van der Waals surface area contributed by atoms with Crippen molar-refractivity contribution in [2.45, 2.75) is 32.9 Å². The highest BCUT2D eigenvalue weighted by Gasteiger charge is 2.29.